The minimum absolute atomic E-state index is 0.0777. The largest absolute Gasteiger partial charge is 0.461 e. The number of ether oxygens (including phenoxy) is 1. The van der Waals surface area contributed by atoms with E-state index in [0.29, 0.717) is 12.8 Å². The minimum Gasteiger partial charge on any atom is -0.461 e. The molecule has 0 amide bonds. The van der Waals surface area contributed by atoms with Crippen molar-refractivity contribution in [2.45, 2.75) is 39.0 Å². The highest BCUT2D eigenvalue weighted by Gasteiger charge is 2.37. The molecule has 0 heterocycles. The molecule has 0 aromatic carbocycles. The first-order valence-corrected chi connectivity index (χ1v) is 6.57. The van der Waals surface area contributed by atoms with Gasteiger partial charge in [-0.3, -0.25) is 9.59 Å². The SMILES string of the molecule is C=CCOC(=O)CC1CCC(=O)C1C(=C)CCC. The van der Waals surface area contributed by atoms with Gasteiger partial charge in [-0.2, -0.15) is 0 Å². The van der Waals surface area contributed by atoms with E-state index in [9.17, 15) is 9.59 Å². The van der Waals surface area contributed by atoms with E-state index in [-0.39, 0.29) is 30.2 Å². The maximum Gasteiger partial charge on any atom is 0.306 e. The summed E-state index contributed by atoms with van der Waals surface area (Å²) in [5.41, 5.74) is 0.974. The van der Waals surface area contributed by atoms with Gasteiger partial charge in [0, 0.05) is 18.8 Å². The van der Waals surface area contributed by atoms with Crippen LogP contribution < -0.4 is 0 Å². The predicted molar refractivity (Wildman–Crippen MR) is 71.0 cm³/mol. The van der Waals surface area contributed by atoms with E-state index in [0.717, 1.165) is 24.8 Å². The van der Waals surface area contributed by atoms with Gasteiger partial charge in [0.25, 0.3) is 0 Å². The fourth-order valence-corrected chi connectivity index (χ4v) is 2.60. The molecular formula is C15H22O3. The van der Waals surface area contributed by atoms with Crippen molar-refractivity contribution in [3.8, 4) is 0 Å². The monoisotopic (exact) mass is 250 g/mol. The van der Waals surface area contributed by atoms with Crippen LogP contribution in [0.4, 0.5) is 0 Å². The minimum atomic E-state index is -0.246. The summed E-state index contributed by atoms with van der Waals surface area (Å²) >= 11 is 0. The molecule has 0 aromatic rings. The van der Waals surface area contributed by atoms with Gasteiger partial charge < -0.3 is 4.74 Å². The molecule has 0 saturated heterocycles. The van der Waals surface area contributed by atoms with Gasteiger partial charge >= 0.3 is 5.97 Å². The normalized spacial score (nSPS) is 22.8. The zero-order valence-corrected chi connectivity index (χ0v) is 11.1. The molecule has 3 nitrogen and oxygen atoms in total. The Morgan fingerprint density at radius 1 is 1.56 bits per heavy atom. The Bertz CT molecular complexity index is 344. The molecular weight excluding hydrogens is 228 g/mol. The van der Waals surface area contributed by atoms with Crippen LogP contribution in [-0.4, -0.2) is 18.4 Å². The molecule has 1 saturated carbocycles. The zero-order chi connectivity index (χ0) is 13.5. The molecule has 3 heteroatoms. The van der Waals surface area contributed by atoms with Gasteiger partial charge in [0.15, 0.2) is 0 Å². The first-order valence-electron chi connectivity index (χ1n) is 6.57. The third-order valence-electron chi connectivity index (χ3n) is 3.38. The molecule has 1 aliphatic carbocycles. The maximum atomic E-state index is 11.9. The Morgan fingerprint density at radius 3 is 2.89 bits per heavy atom. The van der Waals surface area contributed by atoms with Gasteiger partial charge in [0.1, 0.15) is 12.4 Å². The number of carbonyl (C=O) groups excluding carboxylic acids is 2. The summed E-state index contributed by atoms with van der Waals surface area (Å²) in [6.07, 6.45) is 5.03. The zero-order valence-electron chi connectivity index (χ0n) is 11.1. The second kappa shape index (κ2) is 7.14. The second-order valence-corrected chi connectivity index (χ2v) is 4.83. The van der Waals surface area contributed by atoms with Crippen LogP contribution in [0.1, 0.15) is 39.0 Å². The molecule has 100 valence electrons. The number of allylic oxidation sites excluding steroid dienone is 1. The van der Waals surface area contributed by atoms with E-state index in [1.807, 2.05) is 0 Å². The third-order valence-corrected chi connectivity index (χ3v) is 3.38. The molecule has 0 aliphatic heterocycles. The summed E-state index contributed by atoms with van der Waals surface area (Å²) in [5, 5.41) is 0. The summed E-state index contributed by atoms with van der Waals surface area (Å²) < 4.78 is 4.98. The van der Waals surface area contributed by atoms with Crippen LogP contribution in [0.3, 0.4) is 0 Å². The van der Waals surface area contributed by atoms with Gasteiger partial charge in [0.05, 0.1) is 0 Å². The Hall–Kier alpha value is -1.38. The second-order valence-electron chi connectivity index (χ2n) is 4.83. The van der Waals surface area contributed by atoms with Crippen molar-refractivity contribution in [1.82, 2.24) is 0 Å². The maximum absolute atomic E-state index is 11.9. The van der Waals surface area contributed by atoms with Crippen LogP contribution >= 0.6 is 0 Å². The third kappa shape index (κ3) is 3.83. The molecule has 0 aromatic heterocycles. The number of ketones is 1. The van der Waals surface area contributed by atoms with Crippen molar-refractivity contribution in [3.05, 3.63) is 24.8 Å². The summed E-state index contributed by atoms with van der Waals surface area (Å²) in [6.45, 7) is 9.81. The van der Waals surface area contributed by atoms with Crippen molar-refractivity contribution in [3.63, 3.8) is 0 Å². The molecule has 1 aliphatic rings. The lowest BCUT2D eigenvalue weighted by molar-refractivity contribution is -0.143. The van der Waals surface area contributed by atoms with E-state index in [4.69, 9.17) is 4.74 Å². The molecule has 2 atom stereocenters. The number of Topliss-reactive ketones (excluding diaryl/α,β-unsaturated/α-hetero) is 1. The van der Waals surface area contributed by atoms with Crippen LogP contribution in [0.15, 0.2) is 24.8 Å². The van der Waals surface area contributed by atoms with Crippen molar-refractivity contribution in [1.29, 1.82) is 0 Å². The number of hydrogen-bond acceptors (Lipinski definition) is 3. The quantitative estimate of drug-likeness (QED) is 0.515. The van der Waals surface area contributed by atoms with Crippen molar-refractivity contribution in [2.75, 3.05) is 6.61 Å². The van der Waals surface area contributed by atoms with Crippen LogP contribution in [-0.2, 0) is 14.3 Å². The lowest BCUT2D eigenvalue weighted by Crippen LogP contribution is -2.20. The highest BCUT2D eigenvalue weighted by molar-refractivity contribution is 5.87. The van der Waals surface area contributed by atoms with Crippen molar-refractivity contribution in [2.24, 2.45) is 11.8 Å². The molecule has 18 heavy (non-hydrogen) atoms. The first-order chi connectivity index (χ1) is 8.60. The smallest absolute Gasteiger partial charge is 0.306 e. The molecule has 1 rings (SSSR count). The summed E-state index contributed by atoms with van der Waals surface area (Å²) in [7, 11) is 0. The summed E-state index contributed by atoms with van der Waals surface area (Å²) in [5.74, 6) is -0.0750. The van der Waals surface area contributed by atoms with Gasteiger partial charge in [-0.1, -0.05) is 38.2 Å². The fourth-order valence-electron chi connectivity index (χ4n) is 2.60. The highest BCUT2D eigenvalue weighted by atomic mass is 16.5. The molecule has 0 bridgehead atoms. The van der Waals surface area contributed by atoms with Gasteiger partial charge in [-0.25, -0.2) is 0 Å². The van der Waals surface area contributed by atoms with Gasteiger partial charge in [-0.15, -0.1) is 0 Å². The van der Waals surface area contributed by atoms with Crippen LogP contribution in [0.5, 0.6) is 0 Å². The van der Waals surface area contributed by atoms with E-state index in [1.165, 1.54) is 0 Å². The summed E-state index contributed by atoms with van der Waals surface area (Å²) in [6, 6.07) is 0. The first kappa shape index (κ1) is 14.7. The molecule has 0 N–H and O–H groups in total. The predicted octanol–water partition coefficient (Wildman–Crippen LogP) is 3.06. The van der Waals surface area contributed by atoms with Gasteiger partial charge in [-0.05, 0) is 18.8 Å². The molecule has 2 unspecified atom stereocenters. The topological polar surface area (TPSA) is 43.4 Å². The number of esters is 1. The van der Waals surface area contributed by atoms with Gasteiger partial charge in [0.2, 0.25) is 0 Å². The number of rotatable bonds is 7. The average Bonchev–Trinajstić information content (AvgIpc) is 2.68. The van der Waals surface area contributed by atoms with E-state index in [2.05, 4.69) is 20.1 Å². The Balaban J connectivity index is 2.58. The van der Waals surface area contributed by atoms with Crippen LogP contribution in [0.25, 0.3) is 0 Å². The number of carbonyl (C=O) groups is 2. The highest BCUT2D eigenvalue weighted by Crippen LogP contribution is 2.37. The number of hydrogen-bond donors (Lipinski definition) is 0. The van der Waals surface area contributed by atoms with E-state index in [1.54, 1.807) is 6.08 Å². The Morgan fingerprint density at radius 2 is 2.28 bits per heavy atom. The van der Waals surface area contributed by atoms with Crippen molar-refractivity contribution >= 4 is 11.8 Å². The molecule has 0 spiro atoms. The van der Waals surface area contributed by atoms with E-state index < -0.39 is 0 Å². The average molecular weight is 250 g/mol. The van der Waals surface area contributed by atoms with Crippen molar-refractivity contribution < 1.29 is 14.3 Å². The molecule has 1 fully saturated rings. The van der Waals surface area contributed by atoms with Crippen LogP contribution in [0, 0.1) is 11.8 Å². The lowest BCUT2D eigenvalue weighted by Gasteiger charge is -2.19. The van der Waals surface area contributed by atoms with E-state index >= 15 is 0 Å². The standard InChI is InChI=1S/C15H22O3/c1-4-6-11(3)15-12(7-8-13(15)16)10-14(17)18-9-5-2/h5,12,15H,2-4,6-10H2,1H3. The molecule has 0 radical (unpaired) electrons. The lowest BCUT2D eigenvalue weighted by atomic mass is 9.85. The summed E-state index contributed by atoms with van der Waals surface area (Å²) in [4.78, 5) is 23.4. The Labute approximate surface area is 109 Å². The van der Waals surface area contributed by atoms with Crippen LogP contribution in [0.2, 0.25) is 0 Å². The Kier molecular flexibility index (Phi) is 5.83. The fraction of sp³-hybridized carbons (Fsp3) is 0.600.